The van der Waals surface area contributed by atoms with Crippen molar-refractivity contribution < 1.29 is 9.21 Å². The van der Waals surface area contributed by atoms with Gasteiger partial charge in [0.05, 0.1) is 5.75 Å². The first-order chi connectivity index (χ1) is 16.5. The number of hydrogen-bond donors (Lipinski definition) is 0. The maximum absolute atomic E-state index is 12.9. The number of hydrogen-bond acceptors (Lipinski definition) is 9. The number of aryl methyl sites for hydroxylation is 2. The molecule has 5 rings (SSSR count). The van der Waals surface area contributed by atoms with Crippen LogP contribution in [0.2, 0.25) is 0 Å². The van der Waals surface area contributed by atoms with Crippen LogP contribution < -0.4 is 4.90 Å². The molecule has 0 atom stereocenters. The van der Waals surface area contributed by atoms with Crippen molar-refractivity contribution in [1.29, 1.82) is 5.26 Å². The van der Waals surface area contributed by atoms with E-state index in [4.69, 9.17) is 4.42 Å². The zero-order valence-corrected chi connectivity index (χ0v) is 20.4. The zero-order valence-electron chi connectivity index (χ0n) is 18.8. The van der Waals surface area contributed by atoms with Crippen LogP contribution in [0.1, 0.15) is 17.4 Å². The quantitative estimate of drug-likeness (QED) is 0.302. The Labute approximate surface area is 205 Å². The normalized spacial score (nSPS) is 13.9. The van der Waals surface area contributed by atoms with Crippen molar-refractivity contribution in [2.24, 2.45) is 0 Å². The summed E-state index contributed by atoms with van der Waals surface area (Å²) in [6, 6.07) is 14.4. The highest BCUT2D eigenvalue weighted by atomic mass is 32.2. The van der Waals surface area contributed by atoms with Crippen LogP contribution in [-0.2, 0) is 4.79 Å². The molecule has 1 aromatic carbocycles. The predicted octanol–water partition coefficient (Wildman–Crippen LogP) is 4.28. The molecule has 1 aliphatic heterocycles. The second-order valence-corrected chi connectivity index (χ2v) is 9.92. The van der Waals surface area contributed by atoms with Gasteiger partial charge in [0.1, 0.15) is 21.7 Å². The molecular formula is C24H22N6O2S2. The first-order valence-electron chi connectivity index (χ1n) is 10.9. The van der Waals surface area contributed by atoms with Gasteiger partial charge in [-0.1, -0.05) is 42.1 Å². The van der Waals surface area contributed by atoms with E-state index in [0.29, 0.717) is 55.2 Å². The van der Waals surface area contributed by atoms with E-state index in [1.165, 1.54) is 11.8 Å². The molecule has 8 nitrogen and oxygen atoms in total. The second kappa shape index (κ2) is 9.44. The largest absolute Gasteiger partial charge is 0.424 e. The predicted molar refractivity (Wildman–Crippen MR) is 133 cm³/mol. The van der Waals surface area contributed by atoms with Crippen LogP contribution in [0, 0.1) is 25.2 Å². The fourth-order valence-electron chi connectivity index (χ4n) is 3.94. The Morgan fingerprint density at radius 3 is 2.65 bits per heavy atom. The third-order valence-corrected chi connectivity index (χ3v) is 7.66. The number of amides is 1. The minimum atomic E-state index is 0.0711. The summed E-state index contributed by atoms with van der Waals surface area (Å²) in [5.74, 6) is 2.05. The second-order valence-electron chi connectivity index (χ2n) is 7.93. The molecule has 3 aromatic heterocycles. The number of anilines is 1. The van der Waals surface area contributed by atoms with Crippen molar-refractivity contribution in [3.05, 3.63) is 53.8 Å². The molecule has 4 aromatic rings. The smallest absolute Gasteiger partial charge is 0.234 e. The number of oxazole rings is 1. The maximum atomic E-state index is 12.9. The van der Waals surface area contributed by atoms with Crippen LogP contribution in [0.25, 0.3) is 20.7 Å². The zero-order chi connectivity index (χ0) is 23.7. The van der Waals surface area contributed by atoms with Gasteiger partial charge < -0.3 is 14.2 Å². The number of fused-ring (bicyclic) bond motifs is 1. The average Bonchev–Trinajstić information content (AvgIpc) is 3.46. The van der Waals surface area contributed by atoms with Crippen LogP contribution in [0.15, 0.2) is 45.8 Å². The lowest BCUT2D eigenvalue weighted by Gasteiger charge is -2.34. The Hall–Kier alpha value is -3.42. The third kappa shape index (κ3) is 4.49. The van der Waals surface area contributed by atoms with Crippen molar-refractivity contribution in [3.8, 4) is 16.5 Å². The molecule has 34 heavy (non-hydrogen) atoms. The summed E-state index contributed by atoms with van der Waals surface area (Å²) >= 11 is 3.10. The molecule has 4 heterocycles. The molecule has 1 aliphatic rings. The number of aromatic nitrogens is 3. The summed E-state index contributed by atoms with van der Waals surface area (Å²) in [5.41, 5.74) is 1.44. The highest BCUT2D eigenvalue weighted by Gasteiger charge is 2.26. The average molecular weight is 491 g/mol. The maximum Gasteiger partial charge on any atom is 0.234 e. The highest BCUT2D eigenvalue weighted by molar-refractivity contribution is 8.00. The van der Waals surface area contributed by atoms with Gasteiger partial charge in [0.25, 0.3) is 0 Å². The SMILES string of the molecule is Cc1nc(SCC(=O)N2CCN(c3oc(C)nc3C#N)CC2)c2cc(-c3ccccc3)sc2n1. The Kier molecular flexibility index (Phi) is 6.22. The number of rotatable bonds is 5. The first kappa shape index (κ1) is 22.4. The number of thiophene rings is 1. The van der Waals surface area contributed by atoms with Crippen molar-refractivity contribution in [1.82, 2.24) is 19.9 Å². The van der Waals surface area contributed by atoms with Gasteiger partial charge in [-0.15, -0.1) is 11.3 Å². The highest BCUT2D eigenvalue weighted by Crippen LogP contribution is 2.36. The van der Waals surface area contributed by atoms with E-state index in [1.54, 1.807) is 18.3 Å². The summed E-state index contributed by atoms with van der Waals surface area (Å²) in [5, 5.41) is 11.1. The molecule has 0 spiro atoms. The standard InChI is InChI=1S/C24H22N6O2S2/c1-15-26-22(18-12-20(34-23(18)27-15)17-6-4-3-5-7-17)33-14-21(31)29-8-10-30(11-9-29)24-19(13-25)28-16(2)32-24/h3-7,12H,8-11,14H2,1-2H3. The van der Waals surface area contributed by atoms with Crippen LogP contribution >= 0.6 is 23.1 Å². The molecule has 0 N–H and O–H groups in total. The lowest BCUT2D eigenvalue weighted by Crippen LogP contribution is -2.49. The van der Waals surface area contributed by atoms with Crippen molar-refractivity contribution in [2.45, 2.75) is 18.9 Å². The van der Waals surface area contributed by atoms with Gasteiger partial charge in [-0.2, -0.15) is 5.26 Å². The van der Waals surface area contributed by atoms with E-state index in [2.05, 4.69) is 39.2 Å². The van der Waals surface area contributed by atoms with Crippen molar-refractivity contribution in [2.75, 3.05) is 36.8 Å². The minimum absolute atomic E-state index is 0.0711. The molecule has 0 bridgehead atoms. The van der Waals surface area contributed by atoms with Gasteiger partial charge in [0.15, 0.2) is 5.89 Å². The summed E-state index contributed by atoms with van der Waals surface area (Å²) in [7, 11) is 0. The molecule has 0 unspecified atom stereocenters. The van der Waals surface area contributed by atoms with Crippen LogP contribution in [0.4, 0.5) is 5.88 Å². The Bertz CT molecular complexity index is 1380. The van der Waals surface area contributed by atoms with E-state index < -0.39 is 0 Å². The molecule has 1 saturated heterocycles. The van der Waals surface area contributed by atoms with Gasteiger partial charge >= 0.3 is 0 Å². The number of piperazine rings is 1. The molecule has 0 radical (unpaired) electrons. The molecule has 1 fully saturated rings. The summed E-state index contributed by atoms with van der Waals surface area (Å²) in [6.07, 6.45) is 0. The molecule has 172 valence electrons. The molecule has 0 saturated carbocycles. The van der Waals surface area contributed by atoms with Gasteiger partial charge in [0.2, 0.25) is 17.5 Å². The van der Waals surface area contributed by atoms with E-state index in [1.807, 2.05) is 34.9 Å². The fraction of sp³-hybridized carbons (Fsp3) is 0.292. The number of nitriles is 1. The van der Waals surface area contributed by atoms with Crippen LogP contribution in [0.5, 0.6) is 0 Å². The van der Waals surface area contributed by atoms with Gasteiger partial charge in [-0.3, -0.25) is 4.79 Å². The van der Waals surface area contributed by atoms with Gasteiger partial charge in [0, 0.05) is 43.4 Å². The minimum Gasteiger partial charge on any atom is -0.424 e. The Balaban J connectivity index is 1.25. The lowest BCUT2D eigenvalue weighted by molar-refractivity contribution is -0.128. The Morgan fingerprint density at radius 1 is 1.15 bits per heavy atom. The van der Waals surface area contributed by atoms with E-state index in [9.17, 15) is 10.1 Å². The topological polar surface area (TPSA) is 99.2 Å². The van der Waals surface area contributed by atoms with E-state index in [-0.39, 0.29) is 5.91 Å². The summed E-state index contributed by atoms with van der Waals surface area (Å²) in [6.45, 7) is 5.94. The third-order valence-electron chi connectivity index (χ3n) is 5.60. The van der Waals surface area contributed by atoms with Gasteiger partial charge in [-0.05, 0) is 18.6 Å². The fourth-order valence-corrected chi connectivity index (χ4v) is 6.03. The molecule has 10 heteroatoms. The Morgan fingerprint density at radius 2 is 1.91 bits per heavy atom. The number of benzene rings is 1. The number of carbonyl (C=O) groups is 1. The summed E-state index contributed by atoms with van der Waals surface area (Å²) in [4.78, 5) is 32.2. The first-order valence-corrected chi connectivity index (χ1v) is 12.7. The molecular weight excluding hydrogens is 468 g/mol. The molecule has 1 amide bonds. The molecule has 0 aliphatic carbocycles. The number of thioether (sulfide) groups is 1. The van der Waals surface area contributed by atoms with Crippen LogP contribution in [-0.4, -0.2) is 57.7 Å². The van der Waals surface area contributed by atoms with Gasteiger partial charge in [-0.25, -0.2) is 15.0 Å². The van der Waals surface area contributed by atoms with Crippen molar-refractivity contribution >= 4 is 45.1 Å². The van der Waals surface area contributed by atoms with E-state index in [0.717, 1.165) is 25.7 Å². The lowest BCUT2D eigenvalue weighted by atomic mass is 10.2. The van der Waals surface area contributed by atoms with E-state index >= 15 is 0 Å². The monoisotopic (exact) mass is 490 g/mol. The summed E-state index contributed by atoms with van der Waals surface area (Å²) < 4.78 is 5.60. The number of carbonyl (C=O) groups excluding carboxylic acids is 1. The van der Waals surface area contributed by atoms with Crippen LogP contribution in [0.3, 0.4) is 0 Å². The number of nitrogens with zero attached hydrogens (tertiary/aromatic N) is 6. The van der Waals surface area contributed by atoms with Crippen molar-refractivity contribution in [3.63, 3.8) is 0 Å².